The molecule has 1 heterocycles. The first-order chi connectivity index (χ1) is 7.24. The summed E-state index contributed by atoms with van der Waals surface area (Å²) in [4.78, 5) is 0.710. The maximum Gasteiger partial charge on any atom is 0.0829 e. The van der Waals surface area contributed by atoms with Gasteiger partial charge in [-0.05, 0) is 25.2 Å². The fraction of sp³-hybridized carbons (Fsp3) is 0.818. The highest BCUT2D eigenvalue weighted by Crippen LogP contribution is 2.29. The molecule has 1 fully saturated rings. The van der Waals surface area contributed by atoms with Crippen molar-refractivity contribution in [3.05, 3.63) is 11.9 Å². The van der Waals surface area contributed by atoms with Crippen LogP contribution in [0.3, 0.4) is 0 Å². The van der Waals surface area contributed by atoms with Crippen molar-refractivity contribution < 1.29 is 0 Å². The van der Waals surface area contributed by atoms with E-state index in [1.807, 2.05) is 13.2 Å². The molecule has 1 aliphatic rings. The van der Waals surface area contributed by atoms with Crippen LogP contribution in [-0.4, -0.2) is 19.8 Å². The average molecular weight is 272 g/mol. The van der Waals surface area contributed by atoms with Crippen LogP contribution in [-0.2, 0) is 13.5 Å². The molecule has 0 aliphatic heterocycles. The molecule has 15 heavy (non-hydrogen) atoms. The van der Waals surface area contributed by atoms with Crippen molar-refractivity contribution in [2.24, 2.45) is 13.0 Å². The van der Waals surface area contributed by atoms with Crippen LogP contribution in [0, 0.1) is 5.92 Å². The molecule has 2 atom stereocenters. The third kappa shape index (κ3) is 3.30. The topological polar surface area (TPSA) is 30.7 Å². The van der Waals surface area contributed by atoms with Crippen LogP contribution < -0.4 is 0 Å². The highest BCUT2D eigenvalue weighted by Gasteiger charge is 2.19. The molecule has 0 bridgehead atoms. The fourth-order valence-corrected chi connectivity index (χ4v) is 3.22. The van der Waals surface area contributed by atoms with Crippen LogP contribution in [0.15, 0.2) is 6.20 Å². The summed E-state index contributed by atoms with van der Waals surface area (Å²) >= 11 is 3.76. The van der Waals surface area contributed by atoms with Crippen LogP contribution >= 0.6 is 15.9 Å². The molecule has 0 spiro atoms. The molecule has 0 aromatic carbocycles. The van der Waals surface area contributed by atoms with Crippen molar-refractivity contribution in [1.82, 2.24) is 15.0 Å². The Morgan fingerprint density at radius 1 is 1.47 bits per heavy atom. The lowest BCUT2D eigenvalue weighted by atomic mass is 9.95. The summed E-state index contributed by atoms with van der Waals surface area (Å²) in [6.07, 6.45) is 9.83. The van der Waals surface area contributed by atoms with Gasteiger partial charge in [0.1, 0.15) is 0 Å². The molecule has 1 aliphatic carbocycles. The van der Waals surface area contributed by atoms with Crippen LogP contribution in [0.2, 0.25) is 0 Å². The van der Waals surface area contributed by atoms with Crippen LogP contribution in [0.4, 0.5) is 0 Å². The molecular formula is C11H18BrN3. The lowest BCUT2D eigenvalue weighted by Gasteiger charge is -2.14. The van der Waals surface area contributed by atoms with E-state index in [1.165, 1.54) is 32.1 Å². The minimum atomic E-state index is 0.710. The number of alkyl halides is 1. The number of aryl methyl sites for hydroxylation is 1. The Kier molecular flexibility index (Phi) is 3.78. The SMILES string of the molecule is Cn1cc(CC2CCCCC(Br)C2)nn1. The molecule has 2 rings (SSSR count). The van der Waals surface area contributed by atoms with Gasteiger partial charge in [-0.3, -0.25) is 4.68 Å². The lowest BCUT2D eigenvalue weighted by molar-refractivity contribution is 0.458. The number of nitrogens with zero attached hydrogens (tertiary/aromatic N) is 3. The number of hydrogen-bond acceptors (Lipinski definition) is 2. The van der Waals surface area contributed by atoms with Gasteiger partial charge in [-0.15, -0.1) is 5.10 Å². The largest absolute Gasteiger partial charge is 0.255 e. The highest BCUT2D eigenvalue weighted by atomic mass is 79.9. The van der Waals surface area contributed by atoms with E-state index in [1.54, 1.807) is 4.68 Å². The maximum atomic E-state index is 4.16. The molecule has 3 nitrogen and oxygen atoms in total. The van der Waals surface area contributed by atoms with Gasteiger partial charge >= 0.3 is 0 Å². The fourth-order valence-electron chi connectivity index (χ4n) is 2.37. The normalized spacial score (nSPS) is 27.6. The first-order valence-electron chi connectivity index (χ1n) is 5.73. The summed E-state index contributed by atoms with van der Waals surface area (Å²) in [5.74, 6) is 0.786. The van der Waals surface area contributed by atoms with Crippen molar-refractivity contribution in [3.63, 3.8) is 0 Å². The second-order valence-electron chi connectivity index (χ2n) is 4.57. The molecule has 2 unspecified atom stereocenters. The molecule has 4 heteroatoms. The van der Waals surface area contributed by atoms with Crippen molar-refractivity contribution in [1.29, 1.82) is 0 Å². The van der Waals surface area contributed by atoms with E-state index in [-0.39, 0.29) is 0 Å². The van der Waals surface area contributed by atoms with Crippen LogP contribution in [0.25, 0.3) is 0 Å². The molecule has 0 radical (unpaired) electrons. The summed E-state index contributed by atoms with van der Waals surface area (Å²) in [5, 5.41) is 8.14. The standard InChI is InChI=1S/C11H18BrN3/c1-15-8-11(13-14-15)7-9-4-2-3-5-10(12)6-9/h8-10H,2-7H2,1H3. The van der Waals surface area contributed by atoms with Gasteiger partial charge in [0.25, 0.3) is 0 Å². The first kappa shape index (κ1) is 11.1. The summed E-state index contributed by atoms with van der Waals surface area (Å²) in [6, 6.07) is 0. The van der Waals surface area contributed by atoms with Crippen molar-refractivity contribution in [3.8, 4) is 0 Å². The van der Waals surface area contributed by atoms with E-state index in [0.29, 0.717) is 4.83 Å². The molecule has 1 aromatic heterocycles. The molecule has 1 saturated carbocycles. The highest BCUT2D eigenvalue weighted by molar-refractivity contribution is 9.09. The second kappa shape index (κ2) is 5.10. The number of aromatic nitrogens is 3. The maximum absolute atomic E-state index is 4.16. The Balaban J connectivity index is 1.92. The zero-order valence-electron chi connectivity index (χ0n) is 9.19. The predicted octanol–water partition coefficient (Wildman–Crippen LogP) is 2.70. The summed E-state index contributed by atoms with van der Waals surface area (Å²) in [7, 11) is 1.93. The molecule has 1 aromatic rings. The van der Waals surface area contributed by atoms with Gasteiger partial charge in [-0.2, -0.15) is 0 Å². The van der Waals surface area contributed by atoms with E-state index in [9.17, 15) is 0 Å². The zero-order chi connectivity index (χ0) is 10.7. The Bertz CT molecular complexity index is 311. The minimum Gasteiger partial charge on any atom is -0.255 e. The van der Waals surface area contributed by atoms with E-state index >= 15 is 0 Å². The van der Waals surface area contributed by atoms with E-state index in [0.717, 1.165) is 18.0 Å². The van der Waals surface area contributed by atoms with Crippen molar-refractivity contribution >= 4 is 15.9 Å². The van der Waals surface area contributed by atoms with Gasteiger partial charge in [0.15, 0.2) is 0 Å². The summed E-state index contributed by atoms with van der Waals surface area (Å²) in [6.45, 7) is 0. The molecular weight excluding hydrogens is 254 g/mol. The van der Waals surface area contributed by atoms with Gasteiger partial charge in [-0.1, -0.05) is 40.4 Å². The molecule has 0 saturated heterocycles. The van der Waals surface area contributed by atoms with E-state index in [4.69, 9.17) is 0 Å². The smallest absolute Gasteiger partial charge is 0.0829 e. The Morgan fingerprint density at radius 2 is 2.27 bits per heavy atom. The second-order valence-corrected chi connectivity index (χ2v) is 5.87. The molecule has 84 valence electrons. The van der Waals surface area contributed by atoms with Gasteiger partial charge in [0.05, 0.1) is 5.69 Å². The van der Waals surface area contributed by atoms with Crippen LogP contribution in [0.5, 0.6) is 0 Å². The third-order valence-corrected chi connectivity index (χ3v) is 3.95. The number of halogens is 1. The van der Waals surface area contributed by atoms with E-state index in [2.05, 4.69) is 26.2 Å². The lowest BCUT2D eigenvalue weighted by Crippen LogP contribution is -2.08. The predicted molar refractivity (Wildman–Crippen MR) is 64.0 cm³/mol. The van der Waals surface area contributed by atoms with Gasteiger partial charge in [0.2, 0.25) is 0 Å². The monoisotopic (exact) mass is 271 g/mol. The molecule has 0 amide bonds. The zero-order valence-corrected chi connectivity index (χ0v) is 10.8. The minimum absolute atomic E-state index is 0.710. The summed E-state index contributed by atoms with van der Waals surface area (Å²) < 4.78 is 1.79. The van der Waals surface area contributed by atoms with Gasteiger partial charge in [0, 0.05) is 18.1 Å². The first-order valence-corrected chi connectivity index (χ1v) is 6.65. The Hall–Kier alpha value is -0.380. The number of hydrogen-bond donors (Lipinski definition) is 0. The molecule has 0 N–H and O–H groups in total. The van der Waals surface area contributed by atoms with Gasteiger partial charge < -0.3 is 0 Å². The third-order valence-electron chi connectivity index (χ3n) is 3.12. The van der Waals surface area contributed by atoms with Gasteiger partial charge in [-0.25, -0.2) is 0 Å². The number of rotatable bonds is 2. The Labute approximate surface area is 99.4 Å². The quantitative estimate of drug-likeness (QED) is 0.612. The Morgan fingerprint density at radius 3 is 3.00 bits per heavy atom. The van der Waals surface area contributed by atoms with Crippen molar-refractivity contribution in [2.45, 2.75) is 43.4 Å². The van der Waals surface area contributed by atoms with E-state index < -0.39 is 0 Å². The summed E-state index contributed by atoms with van der Waals surface area (Å²) in [5.41, 5.74) is 1.14. The average Bonchev–Trinajstić information content (AvgIpc) is 2.46. The van der Waals surface area contributed by atoms with Crippen LogP contribution in [0.1, 0.15) is 37.8 Å². The van der Waals surface area contributed by atoms with Crippen molar-refractivity contribution in [2.75, 3.05) is 0 Å².